The van der Waals surface area contributed by atoms with Gasteiger partial charge in [0.05, 0.1) is 13.2 Å². The Morgan fingerprint density at radius 2 is 1.95 bits per heavy atom. The van der Waals surface area contributed by atoms with Gasteiger partial charge in [-0.2, -0.15) is 0 Å². The molecule has 3 heteroatoms. The van der Waals surface area contributed by atoms with E-state index in [1.54, 1.807) is 7.11 Å². The van der Waals surface area contributed by atoms with Crippen molar-refractivity contribution in [3.63, 3.8) is 0 Å². The van der Waals surface area contributed by atoms with Gasteiger partial charge in [-0.1, -0.05) is 12.1 Å². The molecule has 1 aromatic rings. The van der Waals surface area contributed by atoms with E-state index in [2.05, 4.69) is 17.4 Å². The topological polar surface area (TPSA) is 30.5 Å². The smallest absolute Gasteiger partial charge is 0.118 e. The third-order valence-corrected chi connectivity index (χ3v) is 4.78. The highest BCUT2D eigenvalue weighted by Crippen LogP contribution is 2.43. The Morgan fingerprint density at radius 1 is 1.21 bits per heavy atom. The fourth-order valence-corrected chi connectivity index (χ4v) is 3.49. The molecule has 0 aliphatic carbocycles. The van der Waals surface area contributed by atoms with E-state index >= 15 is 0 Å². The second kappa shape index (κ2) is 5.51. The predicted octanol–water partition coefficient (Wildman–Crippen LogP) is 2.40. The summed E-state index contributed by atoms with van der Waals surface area (Å²) in [6.07, 6.45) is 5.17. The van der Waals surface area contributed by atoms with Gasteiger partial charge in [-0.15, -0.1) is 0 Å². The minimum absolute atomic E-state index is 0.392. The molecule has 0 amide bonds. The standard InChI is InChI=1S/C16H23NO2/c1-18-14-4-2-13(3-5-14)12-15-16(8-11-19-15)6-9-17-10-7-16/h2-5,15,17H,6-12H2,1H3/t15-/m0/s1. The molecule has 2 fully saturated rings. The molecule has 3 rings (SSSR count). The normalized spacial score (nSPS) is 25.6. The lowest BCUT2D eigenvalue weighted by atomic mass is 9.72. The van der Waals surface area contributed by atoms with Gasteiger partial charge in [-0.05, 0) is 56.5 Å². The molecule has 0 saturated carbocycles. The SMILES string of the molecule is COc1ccc(C[C@@H]2OCCC23CCNCC3)cc1. The highest BCUT2D eigenvalue weighted by molar-refractivity contribution is 5.28. The van der Waals surface area contributed by atoms with Crippen molar-refractivity contribution in [2.75, 3.05) is 26.8 Å². The summed E-state index contributed by atoms with van der Waals surface area (Å²) in [6.45, 7) is 3.21. The fraction of sp³-hybridized carbons (Fsp3) is 0.625. The number of rotatable bonds is 3. The minimum atomic E-state index is 0.392. The molecule has 0 unspecified atom stereocenters. The first-order valence-corrected chi connectivity index (χ1v) is 7.28. The van der Waals surface area contributed by atoms with E-state index in [1.807, 2.05) is 12.1 Å². The molecule has 2 aliphatic rings. The number of hydrogen-bond donors (Lipinski definition) is 1. The van der Waals surface area contributed by atoms with Crippen LogP contribution in [0.25, 0.3) is 0 Å². The van der Waals surface area contributed by atoms with Crippen LogP contribution in [0.15, 0.2) is 24.3 Å². The van der Waals surface area contributed by atoms with Gasteiger partial charge in [0, 0.05) is 12.0 Å². The summed E-state index contributed by atoms with van der Waals surface area (Å²) in [5, 5.41) is 3.46. The van der Waals surface area contributed by atoms with Crippen molar-refractivity contribution in [1.29, 1.82) is 0 Å². The molecule has 2 saturated heterocycles. The highest BCUT2D eigenvalue weighted by Gasteiger charge is 2.44. The van der Waals surface area contributed by atoms with Gasteiger partial charge in [0.15, 0.2) is 0 Å². The van der Waals surface area contributed by atoms with Crippen LogP contribution in [0.2, 0.25) is 0 Å². The lowest BCUT2D eigenvalue weighted by Crippen LogP contribution is -2.42. The Hall–Kier alpha value is -1.06. The Bertz CT molecular complexity index is 409. The summed E-state index contributed by atoms with van der Waals surface area (Å²) >= 11 is 0. The number of piperidine rings is 1. The van der Waals surface area contributed by atoms with Crippen molar-refractivity contribution >= 4 is 0 Å². The minimum Gasteiger partial charge on any atom is -0.497 e. The zero-order valence-electron chi connectivity index (χ0n) is 11.7. The highest BCUT2D eigenvalue weighted by atomic mass is 16.5. The van der Waals surface area contributed by atoms with E-state index in [4.69, 9.17) is 9.47 Å². The zero-order chi connectivity index (χ0) is 13.1. The van der Waals surface area contributed by atoms with Crippen molar-refractivity contribution in [1.82, 2.24) is 5.32 Å². The van der Waals surface area contributed by atoms with Crippen LogP contribution in [0.1, 0.15) is 24.8 Å². The maximum absolute atomic E-state index is 6.05. The van der Waals surface area contributed by atoms with Crippen LogP contribution in [-0.2, 0) is 11.2 Å². The van der Waals surface area contributed by atoms with E-state index in [9.17, 15) is 0 Å². The van der Waals surface area contributed by atoms with E-state index in [-0.39, 0.29) is 0 Å². The maximum Gasteiger partial charge on any atom is 0.118 e. The lowest BCUT2D eigenvalue weighted by molar-refractivity contribution is 0.0323. The quantitative estimate of drug-likeness (QED) is 0.906. The zero-order valence-corrected chi connectivity index (χ0v) is 11.7. The van der Waals surface area contributed by atoms with Crippen LogP contribution < -0.4 is 10.1 Å². The van der Waals surface area contributed by atoms with Gasteiger partial charge < -0.3 is 14.8 Å². The van der Waals surface area contributed by atoms with Gasteiger partial charge in [0.25, 0.3) is 0 Å². The third kappa shape index (κ3) is 2.63. The summed E-state index contributed by atoms with van der Waals surface area (Å²) in [6, 6.07) is 8.41. The van der Waals surface area contributed by atoms with Gasteiger partial charge in [0.1, 0.15) is 5.75 Å². The van der Waals surface area contributed by atoms with Gasteiger partial charge >= 0.3 is 0 Å². The van der Waals surface area contributed by atoms with Crippen molar-refractivity contribution in [2.45, 2.75) is 31.8 Å². The first-order valence-electron chi connectivity index (χ1n) is 7.28. The van der Waals surface area contributed by atoms with Crippen LogP contribution in [0, 0.1) is 5.41 Å². The molecule has 1 atom stereocenters. The molecular formula is C16H23NO2. The Balaban J connectivity index is 1.70. The average molecular weight is 261 g/mol. The number of nitrogens with one attached hydrogen (secondary N) is 1. The van der Waals surface area contributed by atoms with Crippen LogP contribution in [0.3, 0.4) is 0 Å². The molecule has 2 aliphatic heterocycles. The van der Waals surface area contributed by atoms with Crippen LogP contribution in [-0.4, -0.2) is 32.9 Å². The molecule has 19 heavy (non-hydrogen) atoms. The largest absolute Gasteiger partial charge is 0.497 e. The van der Waals surface area contributed by atoms with Crippen molar-refractivity contribution < 1.29 is 9.47 Å². The number of methoxy groups -OCH3 is 1. The molecule has 0 radical (unpaired) electrons. The fourth-order valence-electron chi connectivity index (χ4n) is 3.49. The van der Waals surface area contributed by atoms with Gasteiger partial charge in [-0.25, -0.2) is 0 Å². The van der Waals surface area contributed by atoms with Gasteiger partial charge in [-0.3, -0.25) is 0 Å². The first-order chi connectivity index (χ1) is 9.32. The molecule has 1 aromatic carbocycles. The van der Waals surface area contributed by atoms with Crippen LogP contribution in [0.5, 0.6) is 5.75 Å². The first kappa shape index (κ1) is 12.9. The molecule has 0 aromatic heterocycles. The number of ether oxygens (including phenoxy) is 2. The second-order valence-electron chi connectivity index (χ2n) is 5.77. The number of benzene rings is 1. The Labute approximate surface area is 115 Å². The van der Waals surface area contributed by atoms with E-state index < -0.39 is 0 Å². The lowest BCUT2D eigenvalue weighted by Gasteiger charge is -2.38. The summed E-state index contributed by atoms with van der Waals surface area (Å²) in [7, 11) is 1.71. The molecule has 104 valence electrons. The molecule has 0 bridgehead atoms. The van der Waals surface area contributed by atoms with Crippen molar-refractivity contribution in [3.05, 3.63) is 29.8 Å². The van der Waals surface area contributed by atoms with Crippen molar-refractivity contribution in [3.8, 4) is 5.75 Å². The summed E-state index contributed by atoms with van der Waals surface area (Å²) < 4.78 is 11.3. The van der Waals surface area contributed by atoms with Crippen LogP contribution in [0.4, 0.5) is 0 Å². The summed E-state index contributed by atoms with van der Waals surface area (Å²) in [5.74, 6) is 0.924. The summed E-state index contributed by atoms with van der Waals surface area (Å²) in [4.78, 5) is 0. The average Bonchev–Trinajstić information content (AvgIpc) is 2.83. The monoisotopic (exact) mass is 261 g/mol. The van der Waals surface area contributed by atoms with E-state index in [1.165, 1.54) is 24.8 Å². The summed E-state index contributed by atoms with van der Waals surface area (Å²) in [5.41, 5.74) is 1.77. The van der Waals surface area contributed by atoms with Crippen molar-refractivity contribution in [2.24, 2.45) is 5.41 Å². The molecule has 3 nitrogen and oxygen atoms in total. The molecule has 1 N–H and O–H groups in total. The Morgan fingerprint density at radius 3 is 2.63 bits per heavy atom. The van der Waals surface area contributed by atoms with Crippen LogP contribution >= 0.6 is 0 Å². The Kier molecular flexibility index (Phi) is 3.76. The second-order valence-corrected chi connectivity index (χ2v) is 5.77. The predicted molar refractivity (Wildman–Crippen MR) is 75.6 cm³/mol. The van der Waals surface area contributed by atoms with E-state index in [0.29, 0.717) is 11.5 Å². The third-order valence-electron chi connectivity index (χ3n) is 4.78. The maximum atomic E-state index is 6.05. The molecular weight excluding hydrogens is 238 g/mol. The number of hydrogen-bond acceptors (Lipinski definition) is 3. The van der Waals surface area contributed by atoms with E-state index in [0.717, 1.165) is 31.9 Å². The molecule has 1 spiro atoms. The van der Waals surface area contributed by atoms with Gasteiger partial charge in [0.2, 0.25) is 0 Å². The molecule has 2 heterocycles.